The van der Waals surface area contributed by atoms with Crippen molar-refractivity contribution in [3.63, 3.8) is 0 Å². The zero-order chi connectivity index (χ0) is 19.8. The number of hydrogen-bond donors (Lipinski definition) is 3. The van der Waals surface area contributed by atoms with Gasteiger partial charge in [-0.25, -0.2) is 9.97 Å². The Morgan fingerprint density at radius 2 is 1.83 bits per heavy atom. The number of imidazole rings is 1. The van der Waals surface area contributed by atoms with E-state index in [-0.39, 0.29) is 0 Å². The zero-order valence-corrected chi connectivity index (χ0v) is 15.7. The lowest BCUT2D eigenvalue weighted by atomic mass is 10.1. The maximum absolute atomic E-state index is 5.89. The number of nitrogens with zero attached hydrogens (tertiary/aromatic N) is 3. The Labute approximate surface area is 166 Å². The molecular formula is C22H18N6O. The smallest absolute Gasteiger partial charge is 0.166 e. The first kappa shape index (κ1) is 17.0. The highest BCUT2D eigenvalue weighted by atomic mass is 16.5. The number of aromatic nitrogens is 5. The fraction of sp³-hybridized carbons (Fsp3) is 0.0455. The quantitative estimate of drug-likeness (QED) is 0.430. The summed E-state index contributed by atoms with van der Waals surface area (Å²) in [5.41, 5.74) is 11.4. The second-order valence-corrected chi connectivity index (χ2v) is 6.64. The van der Waals surface area contributed by atoms with Gasteiger partial charge in [0.15, 0.2) is 11.6 Å². The van der Waals surface area contributed by atoms with Gasteiger partial charge < -0.3 is 20.4 Å². The van der Waals surface area contributed by atoms with Crippen LogP contribution >= 0.6 is 0 Å². The van der Waals surface area contributed by atoms with Crippen LogP contribution in [0.5, 0.6) is 5.75 Å². The predicted molar refractivity (Wildman–Crippen MR) is 113 cm³/mol. The van der Waals surface area contributed by atoms with Gasteiger partial charge in [-0.15, -0.1) is 0 Å². The highest BCUT2D eigenvalue weighted by Crippen LogP contribution is 2.35. The van der Waals surface area contributed by atoms with Gasteiger partial charge in [0.1, 0.15) is 5.82 Å². The number of methoxy groups -OCH3 is 1. The third kappa shape index (κ3) is 2.98. The van der Waals surface area contributed by atoms with Crippen LogP contribution in [-0.2, 0) is 0 Å². The van der Waals surface area contributed by atoms with Crippen molar-refractivity contribution in [3.8, 4) is 39.7 Å². The minimum absolute atomic E-state index is 0.347. The van der Waals surface area contributed by atoms with Gasteiger partial charge in [0.25, 0.3) is 0 Å². The third-order valence-electron chi connectivity index (χ3n) is 4.87. The monoisotopic (exact) mass is 382 g/mol. The number of nitrogens with one attached hydrogen (secondary N) is 2. The fourth-order valence-electron chi connectivity index (χ4n) is 3.39. The lowest BCUT2D eigenvalue weighted by Crippen LogP contribution is -1.96. The van der Waals surface area contributed by atoms with E-state index in [1.54, 1.807) is 25.7 Å². The van der Waals surface area contributed by atoms with E-state index in [0.29, 0.717) is 11.6 Å². The minimum Gasteiger partial charge on any atom is -0.493 e. The minimum atomic E-state index is 0.347. The van der Waals surface area contributed by atoms with Gasteiger partial charge in [0.2, 0.25) is 0 Å². The van der Waals surface area contributed by atoms with Crippen LogP contribution in [0.15, 0.2) is 67.3 Å². The first-order valence-electron chi connectivity index (χ1n) is 9.11. The highest BCUT2D eigenvalue weighted by Gasteiger charge is 2.17. The van der Waals surface area contributed by atoms with Crippen molar-refractivity contribution < 1.29 is 4.74 Å². The average Bonchev–Trinajstić information content (AvgIpc) is 3.41. The number of aromatic amines is 2. The van der Waals surface area contributed by atoms with Gasteiger partial charge in [-0.1, -0.05) is 0 Å². The molecule has 0 aliphatic carbocycles. The molecule has 1 aromatic carbocycles. The van der Waals surface area contributed by atoms with Gasteiger partial charge in [-0.2, -0.15) is 0 Å². The number of rotatable bonds is 4. The third-order valence-corrected chi connectivity index (χ3v) is 4.87. The normalized spacial score (nSPS) is 11.1. The molecule has 5 rings (SSSR count). The van der Waals surface area contributed by atoms with Crippen LogP contribution in [0.25, 0.3) is 44.8 Å². The number of anilines is 1. The summed E-state index contributed by atoms with van der Waals surface area (Å²) in [5.74, 6) is 1.64. The van der Waals surface area contributed by atoms with E-state index >= 15 is 0 Å². The molecule has 7 heteroatoms. The van der Waals surface area contributed by atoms with Crippen molar-refractivity contribution in [2.45, 2.75) is 0 Å². The van der Waals surface area contributed by atoms with E-state index in [1.807, 2.05) is 42.6 Å². The summed E-state index contributed by atoms with van der Waals surface area (Å²) in [7, 11) is 1.57. The summed E-state index contributed by atoms with van der Waals surface area (Å²) in [6.07, 6.45) is 7.15. The molecule has 0 fully saturated rings. The van der Waals surface area contributed by atoms with E-state index in [2.05, 4.69) is 26.0 Å². The van der Waals surface area contributed by atoms with Crippen LogP contribution in [0, 0.1) is 0 Å². The van der Waals surface area contributed by atoms with E-state index in [1.165, 1.54) is 0 Å². The van der Waals surface area contributed by atoms with Gasteiger partial charge in [-0.3, -0.25) is 4.98 Å². The van der Waals surface area contributed by atoms with E-state index in [4.69, 9.17) is 15.5 Å². The molecule has 0 radical (unpaired) electrons. The van der Waals surface area contributed by atoms with Crippen molar-refractivity contribution in [3.05, 3.63) is 67.3 Å². The van der Waals surface area contributed by atoms with E-state index in [9.17, 15) is 0 Å². The summed E-state index contributed by atoms with van der Waals surface area (Å²) in [6.45, 7) is 0. The molecule has 0 amide bonds. The Morgan fingerprint density at radius 3 is 2.66 bits per heavy atom. The Morgan fingerprint density at radius 1 is 0.966 bits per heavy atom. The molecule has 7 nitrogen and oxygen atoms in total. The number of ether oxygens (including phenoxy) is 1. The first-order chi connectivity index (χ1) is 14.2. The number of hydrogen-bond acceptors (Lipinski definition) is 5. The molecule has 0 saturated heterocycles. The van der Waals surface area contributed by atoms with Crippen molar-refractivity contribution in [1.82, 2.24) is 24.9 Å². The molecule has 4 aromatic heterocycles. The average molecular weight is 382 g/mol. The molecule has 0 spiro atoms. The molecule has 4 N–H and O–H groups in total. The highest BCUT2D eigenvalue weighted by molar-refractivity contribution is 5.86. The summed E-state index contributed by atoms with van der Waals surface area (Å²) >= 11 is 0. The molecule has 0 saturated carbocycles. The summed E-state index contributed by atoms with van der Waals surface area (Å²) in [6, 6.07) is 14.0. The van der Waals surface area contributed by atoms with Crippen molar-refractivity contribution >= 4 is 16.7 Å². The topological polar surface area (TPSA) is 106 Å². The molecule has 0 unspecified atom stereocenters. The van der Waals surface area contributed by atoms with Crippen molar-refractivity contribution in [2.75, 3.05) is 12.8 Å². The lowest BCUT2D eigenvalue weighted by Gasteiger charge is -2.07. The van der Waals surface area contributed by atoms with Crippen LogP contribution < -0.4 is 10.5 Å². The Bertz CT molecular complexity index is 1310. The second-order valence-electron chi connectivity index (χ2n) is 6.64. The number of H-pyrrole nitrogens is 2. The molecule has 0 aliphatic rings. The van der Waals surface area contributed by atoms with Gasteiger partial charge in [-0.05, 0) is 42.5 Å². The molecule has 0 atom stereocenters. The molecular weight excluding hydrogens is 364 g/mol. The molecule has 0 bridgehead atoms. The van der Waals surface area contributed by atoms with Crippen molar-refractivity contribution in [1.29, 1.82) is 0 Å². The number of pyridine rings is 2. The maximum atomic E-state index is 5.89. The van der Waals surface area contributed by atoms with E-state index in [0.717, 1.165) is 44.8 Å². The van der Waals surface area contributed by atoms with Crippen LogP contribution in [0.2, 0.25) is 0 Å². The van der Waals surface area contributed by atoms with Crippen LogP contribution in [0.4, 0.5) is 5.82 Å². The maximum Gasteiger partial charge on any atom is 0.166 e. The number of fused-ring (bicyclic) bond motifs is 1. The lowest BCUT2D eigenvalue weighted by molar-refractivity contribution is 0.415. The molecule has 4 heterocycles. The molecule has 142 valence electrons. The van der Waals surface area contributed by atoms with Crippen molar-refractivity contribution in [2.24, 2.45) is 0 Å². The Kier molecular flexibility index (Phi) is 3.98. The van der Waals surface area contributed by atoms with Gasteiger partial charge in [0.05, 0.1) is 18.5 Å². The largest absolute Gasteiger partial charge is 0.493 e. The predicted octanol–water partition coefficient (Wildman–Crippen LogP) is 4.27. The summed E-state index contributed by atoms with van der Waals surface area (Å²) in [4.78, 5) is 20.0. The van der Waals surface area contributed by atoms with Crippen LogP contribution in [-0.4, -0.2) is 32.0 Å². The molecule has 5 aromatic rings. The van der Waals surface area contributed by atoms with Crippen LogP contribution in [0.1, 0.15) is 0 Å². The number of nitrogens with two attached hydrogens (primary N) is 1. The second kappa shape index (κ2) is 6.79. The standard InChI is InChI=1S/C22H18N6O/c1-29-18-11-16(12-26-21(18)23)20-19(13-4-7-24-8-5-13)27-22(28-20)15-2-3-17-14(10-15)6-9-25-17/h2-12,25H,1H3,(H2,23,26)(H,27,28). The SMILES string of the molecule is COc1cc(-c2[nH]c(-c3ccc4[nH]ccc4c3)nc2-c2ccncc2)cnc1N. The fourth-order valence-corrected chi connectivity index (χ4v) is 3.39. The summed E-state index contributed by atoms with van der Waals surface area (Å²) in [5, 5.41) is 1.13. The Balaban J connectivity index is 1.70. The van der Waals surface area contributed by atoms with Gasteiger partial charge >= 0.3 is 0 Å². The zero-order valence-electron chi connectivity index (χ0n) is 15.7. The van der Waals surface area contributed by atoms with E-state index < -0.39 is 0 Å². The first-order valence-corrected chi connectivity index (χ1v) is 9.11. The Hall–Kier alpha value is -4.13. The number of benzene rings is 1. The summed E-state index contributed by atoms with van der Waals surface area (Å²) < 4.78 is 5.35. The van der Waals surface area contributed by atoms with Crippen LogP contribution in [0.3, 0.4) is 0 Å². The van der Waals surface area contributed by atoms with Gasteiger partial charge in [0, 0.05) is 52.4 Å². The molecule has 29 heavy (non-hydrogen) atoms. The number of nitrogen functional groups attached to an aromatic ring is 1. The molecule has 0 aliphatic heterocycles.